The van der Waals surface area contributed by atoms with Gasteiger partial charge in [-0.05, 0) is 52.0 Å². The van der Waals surface area contributed by atoms with Crippen molar-refractivity contribution in [2.75, 3.05) is 6.54 Å². The van der Waals surface area contributed by atoms with Gasteiger partial charge >= 0.3 is 6.61 Å². The molecule has 112 valence electrons. The number of rotatable bonds is 7. The van der Waals surface area contributed by atoms with Crippen LogP contribution in [-0.2, 0) is 0 Å². The third-order valence-corrected chi connectivity index (χ3v) is 3.05. The molecule has 0 radical (unpaired) electrons. The summed E-state index contributed by atoms with van der Waals surface area (Å²) in [6.07, 6.45) is 0. The van der Waals surface area contributed by atoms with Gasteiger partial charge in [0.15, 0.2) is 5.78 Å². The number of Topliss-reactive ketones (excluding diaryl/α,β-unsaturated/α-hetero) is 1. The first kappa shape index (κ1) is 16.6. The molecule has 0 bridgehead atoms. The third-order valence-electron chi connectivity index (χ3n) is 3.05. The maximum Gasteiger partial charge on any atom is 0.387 e. The zero-order valence-corrected chi connectivity index (χ0v) is 12.3. The number of nitrogens with zero attached hydrogens (tertiary/aromatic N) is 1. The number of hydrogen-bond acceptors (Lipinski definition) is 3. The molecule has 0 aliphatic carbocycles. The first-order valence-electron chi connectivity index (χ1n) is 6.65. The standard InChI is InChI=1S/C15H21F2NO2/c1-10(2)18(11(3)4)9-14(19)12-5-7-13(8-6-12)20-15(16)17/h5-8,10-11,15H,9H2,1-4H3. The van der Waals surface area contributed by atoms with Gasteiger partial charge in [-0.15, -0.1) is 0 Å². The summed E-state index contributed by atoms with van der Waals surface area (Å²) in [5.74, 6) is 0.0251. The minimum absolute atomic E-state index is 0.0315. The number of halogens is 2. The van der Waals surface area contributed by atoms with Crippen molar-refractivity contribution in [3.05, 3.63) is 29.8 Å². The molecule has 0 aromatic heterocycles. The molecular weight excluding hydrogens is 264 g/mol. The smallest absolute Gasteiger partial charge is 0.387 e. The average molecular weight is 285 g/mol. The van der Waals surface area contributed by atoms with E-state index in [0.717, 1.165) is 0 Å². The molecule has 0 N–H and O–H groups in total. The van der Waals surface area contributed by atoms with Crippen LogP contribution in [0.5, 0.6) is 5.75 Å². The first-order valence-corrected chi connectivity index (χ1v) is 6.65. The lowest BCUT2D eigenvalue weighted by molar-refractivity contribution is -0.0498. The lowest BCUT2D eigenvalue weighted by atomic mass is 10.1. The Morgan fingerprint density at radius 1 is 1.10 bits per heavy atom. The van der Waals surface area contributed by atoms with Gasteiger partial charge in [-0.3, -0.25) is 9.69 Å². The summed E-state index contributed by atoms with van der Waals surface area (Å²) in [5.41, 5.74) is 0.498. The molecule has 0 aliphatic heterocycles. The van der Waals surface area contributed by atoms with Gasteiger partial charge in [0, 0.05) is 17.6 Å². The Bertz CT molecular complexity index is 422. The topological polar surface area (TPSA) is 29.5 Å². The third kappa shape index (κ3) is 4.89. The van der Waals surface area contributed by atoms with Crippen molar-refractivity contribution in [2.45, 2.75) is 46.4 Å². The number of ether oxygens (including phenoxy) is 1. The maximum absolute atomic E-state index is 12.2. The Labute approximate surface area is 118 Å². The average Bonchev–Trinajstić information content (AvgIpc) is 2.35. The number of alkyl halides is 2. The largest absolute Gasteiger partial charge is 0.435 e. The van der Waals surface area contributed by atoms with E-state index in [1.54, 1.807) is 0 Å². The predicted octanol–water partition coefficient (Wildman–Crippen LogP) is 3.59. The highest BCUT2D eigenvalue weighted by Crippen LogP contribution is 2.16. The van der Waals surface area contributed by atoms with E-state index in [0.29, 0.717) is 12.1 Å². The highest BCUT2D eigenvalue weighted by atomic mass is 19.3. The number of carbonyl (C=O) groups is 1. The Kier molecular flexibility index (Phi) is 6.07. The lowest BCUT2D eigenvalue weighted by Gasteiger charge is -2.29. The van der Waals surface area contributed by atoms with E-state index in [1.165, 1.54) is 24.3 Å². The summed E-state index contributed by atoms with van der Waals surface area (Å²) in [5, 5.41) is 0. The summed E-state index contributed by atoms with van der Waals surface area (Å²) in [4.78, 5) is 14.2. The summed E-state index contributed by atoms with van der Waals surface area (Å²) < 4.78 is 28.3. The molecule has 0 spiro atoms. The fourth-order valence-corrected chi connectivity index (χ4v) is 2.04. The Morgan fingerprint density at radius 3 is 2.00 bits per heavy atom. The summed E-state index contributed by atoms with van der Waals surface area (Å²) in [6, 6.07) is 6.32. The van der Waals surface area contributed by atoms with Crippen LogP contribution < -0.4 is 4.74 Å². The second-order valence-corrected chi connectivity index (χ2v) is 5.19. The Morgan fingerprint density at radius 2 is 1.60 bits per heavy atom. The molecule has 0 fully saturated rings. The predicted molar refractivity (Wildman–Crippen MR) is 74.4 cm³/mol. The molecular formula is C15H21F2NO2. The molecule has 0 unspecified atom stereocenters. The van der Waals surface area contributed by atoms with Crippen molar-refractivity contribution in [1.82, 2.24) is 4.90 Å². The molecule has 1 aromatic rings. The van der Waals surface area contributed by atoms with Crippen molar-refractivity contribution in [3.8, 4) is 5.75 Å². The molecule has 1 rings (SSSR count). The molecule has 1 aromatic carbocycles. The molecule has 0 saturated carbocycles. The van der Waals surface area contributed by atoms with Crippen LogP contribution in [0.15, 0.2) is 24.3 Å². The van der Waals surface area contributed by atoms with E-state index in [1.807, 2.05) is 27.7 Å². The van der Waals surface area contributed by atoms with Crippen LogP contribution in [0.4, 0.5) is 8.78 Å². The van der Waals surface area contributed by atoms with Crippen molar-refractivity contribution < 1.29 is 18.3 Å². The second kappa shape index (κ2) is 7.33. The van der Waals surface area contributed by atoms with Crippen molar-refractivity contribution in [1.29, 1.82) is 0 Å². The molecule has 0 heterocycles. The van der Waals surface area contributed by atoms with E-state index in [4.69, 9.17) is 0 Å². The van der Waals surface area contributed by atoms with Crippen LogP contribution in [-0.4, -0.2) is 35.9 Å². The summed E-state index contributed by atoms with van der Waals surface area (Å²) in [7, 11) is 0. The van der Waals surface area contributed by atoms with Gasteiger partial charge in [-0.25, -0.2) is 0 Å². The Balaban J connectivity index is 2.72. The molecule has 20 heavy (non-hydrogen) atoms. The fourth-order valence-electron chi connectivity index (χ4n) is 2.04. The normalized spacial score (nSPS) is 11.7. The van der Waals surface area contributed by atoms with E-state index >= 15 is 0 Å². The molecule has 3 nitrogen and oxygen atoms in total. The zero-order valence-electron chi connectivity index (χ0n) is 12.3. The van der Waals surface area contributed by atoms with Gasteiger partial charge < -0.3 is 4.74 Å². The van der Waals surface area contributed by atoms with Crippen molar-refractivity contribution in [2.24, 2.45) is 0 Å². The highest BCUT2D eigenvalue weighted by Gasteiger charge is 2.18. The number of benzene rings is 1. The minimum Gasteiger partial charge on any atom is -0.435 e. The van der Waals surface area contributed by atoms with Crippen LogP contribution in [0.1, 0.15) is 38.1 Å². The molecule has 0 aliphatic rings. The first-order chi connectivity index (χ1) is 9.31. The zero-order chi connectivity index (χ0) is 15.3. The van der Waals surface area contributed by atoms with Gasteiger partial charge in [0.1, 0.15) is 5.75 Å². The van der Waals surface area contributed by atoms with Gasteiger partial charge in [-0.2, -0.15) is 8.78 Å². The van der Waals surface area contributed by atoms with Crippen LogP contribution in [0.3, 0.4) is 0 Å². The molecule has 0 amide bonds. The lowest BCUT2D eigenvalue weighted by Crippen LogP contribution is -2.40. The summed E-state index contributed by atoms with van der Waals surface area (Å²) >= 11 is 0. The molecule has 0 saturated heterocycles. The Hall–Kier alpha value is -1.49. The van der Waals surface area contributed by atoms with Crippen molar-refractivity contribution >= 4 is 5.78 Å². The number of ketones is 1. The number of carbonyl (C=O) groups excluding carboxylic acids is 1. The number of hydrogen-bond donors (Lipinski definition) is 0. The quantitative estimate of drug-likeness (QED) is 0.717. The molecule has 0 atom stereocenters. The molecule has 5 heteroatoms. The SMILES string of the molecule is CC(C)N(CC(=O)c1ccc(OC(F)F)cc1)C(C)C. The van der Waals surface area contributed by atoms with Gasteiger partial charge in [0.25, 0.3) is 0 Å². The van der Waals surface area contributed by atoms with Crippen LogP contribution in [0.2, 0.25) is 0 Å². The fraction of sp³-hybridized carbons (Fsp3) is 0.533. The minimum atomic E-state index is -2.85. The van der Waals surface area contributed by atoms with Gasteiger partial charge in [0.2, 0.25) is 0 Å². The van der Waals surface area contributed by atoms with Crippen LogP contribution in [0.25, 0.3) is 0 Å². The highest BCUT2D eigenvalue weighted by molar-refractivity contribution is 5.97. The van der Waals surface area contributed by atoms with Crippen molar-refractivity contribution in [3.63, 3.8) is 0 Å². The maximum atomic E-state index is 12.2. The van der Waals surface area contributed by atoms with E-state index in [9.17, 15) is 13.6 Å². The van der Waals surface area contributed by atoms with Gasteiger partial charge in [0.05, 0.1) is 6.54 Å². The van der Waals surface area contributed by atoms with E-state index < -0.39 is 6.61 Å². The van der Waals surface area contributed by atoms with E-state index in [-0.39, 0.29) is 23.6 Å². The van der Waals surface area contributed by atoms with Crippen LogP contribution in [0, 0.1) is 0 Å². The monoisotopic (exact) mass is 285 g/mol. The van der Waals surface area contributed by atoms with Crippen LogP contribution >= 0.6 is 0 Å². The summed E-state index contributed by atoms with van der Waals surface area (Å²) in [6.45, 7) is 5.60. The van der Waals surface area contributed by atoms with E-state index in [2.05, 4.69) is 9.64 Å². The second-order valence-electron chi connectivity index (χ2n) is 5.19. The van der Waals surface area contributed by atoms with Gasteiger partial charge in [-0.1, -0.05) is 0 Å².